The number of benzene rings is 12. The van der Waals surface area contributed by atoms with E-state index < -0.39 is 0 Å². The summed E-state index contributed by atoms with van der Waals surface area (Å²) in [6.45, 7) is 22.6. The minimum absolute atomic E-state index is 0.0531. The molecule has 2 fully saturated rings. The number of rotatable bonds is 42. The minimum atomic E-state index is -0.179. The van der Waals surface area contributed by atoms with Crippen LogP contribution < -0.4 is 0 Å². The van der Waals surface area contributed by atoms with E-state index in [1.54, 1.807) is 33.4 Å². The van der Waals surface area contributed by atoms with Crippen molar-refractivity contribution in [3.63, 3.8) is 0 Å². The number of fused-ring (bicyclic) bond motifs is 9. The van der Waals surface area contributed by atoms with Crippen LogP contribution in [0.15, 0.2) is 224 Å². The summed E-state index contributed by atoms with van der Waals surface area (Å²) in [5.74, 6) is 0. The van der Waals surface area contributed by atoms with Crippen molar-refractivity contribution in [2.45, 2.75) is 257 Å². The lowest BCUT2D eigenvalue weighted by Gasteiger charge is -2.37. The van der Waals surface area contributed by atoms with Gasteiger partial charge in [0.2, 0.25) is 0 Å². The molecule has 0 N–H and O–H groups in total. The largest absolute Gasteiger partial charge is 0.381 e. The molecule has 4 heteroatoms. The molecule has 2 aliphatic heterocycles. The molecule has 4 nitrogen and oxygen atoms in total. The van der Waals surface area contributed by atoms with Crippen molar-refractivity contribution in [1.82, 2.24) is 0 Å². The predicted molar refractivity (Wildman–Crippen MR) is 502 cm³/mol. The van der Waals surface area contributed by atoms with Gasteiger partial charge in [0.25, 0.3) is 0 Å². The molecule has 2 saturated heterocycles. The third kappa shape index (κ3) is 17.4. The van der Waals surface area contributed by atoms with Gasteiger partial charge in [-0.15, -0.1) is 0 Å². The number of unbranched alkanes of at least 4 members (excludes halogenated alkanes) is 18. The Morgan fingerprint density at radius 3 is 0.898 bits per heavy atom. The van der Waals surface area contributed by atoms with Crippen molar-refractivity contribution in [2.24, 2.45) is 10.8 Å². The third-order valence-electron chi connectivity index (χ3n) is 28.5. The molecule has 12 aromatic rings. The first-order valence-electron chi connectivity index (χ1n) is 46.9. The topological polar surface area (TPSA) is 36.9 Å². The average Bonchev–Trinajstić information content (AvgIpc) is 1.53. The molecule has 0 saturated carbocycles. The van der Waals surface area contributed by atoms with Gasteiger partial charge in [-0.1, -0.05) is 376 Å². The van der Waals surface area contributed by atoms with Gasteiger partial charge in [0.15, 0.2) is 0 Å². The first-order valence-corrected chi connectivity index (χ1v) is 46.9. The maximum absolute atomic E-state index is 6.39. The summed E-state index contributed by atoms with van der Waals surface area (Å²) in [5, 5.41) is 8.11. The summed E-state index contributed by atoms with van der Waals surface area (Å²) >= 11 is 0. The smallest absolute Gasteiger partial charge is 0.0564 e. The zero-order valence-corrected chi connectivity index (χ0v) is 72.9. The highest BCUT2D eigenvalue weighted by Gasteiger charge is 2.47. The maximum atomic E-state index is 6.39. The fraction of sp³-hybridized carbons (Fsp3) is 0.439. The van der Waals surface area contributed by atoms with Crippen LogP contribution >= 0.6 is 0 Å². The van der Waals surface area contributed by atoms with Gasteiger partial charge in [0.05, 0.1) is 39.6 Å². The molecular weight excluding hydrogens is 1430 g/mol. The summed E-state index contributed by atoms with van der Waals surface area (Å²) in [7, 11) is 0. The zero-order chi connectivity index (χ0) is 80.9. The monoisotopic (exact) mass is 1570 g/mol. The van der Waals surface area contributed by atoms with Gasteiger partial charge in [-0.25, -0.2) is 0 Å². The second-order valence-electron chi connectivity index (χ2n) is 37.6. The lowest BCUT2D eigenvalue weighted by Crippen LogP contribution is -2.43. The Labute approximate surface area is 709 Å². The summed E-state index contributed by atoms with van der Waals surface area (Å²) in [6.07, 6.45) is 36.3. The van der Waals surface area contributed by atoms with Gasteiger partial charge < -0.3 is 18.9 Å². The van der Waals surface area contributed by atoms with E-state index in [0.29, 0.717) is 0 Å². The van der Waals surface area contributed by atoms with E-state index in [0.717, 1.165) is 78.5 Å². The first kappa shape index (κ1) is 83.2. The molecular formula is C114H134O4. The van der Waals surface area contributed by atoms with Crippen molar-refractivity contribution in [3.8, 4) is 77.9 Å². The van der Waals surface area contributed by atoms with E-state index in [2.05, 4.69) is 255 Å². The molecule has 0 bridgehead atoms. The lowest BCUT2D eigenvalue weighted by atomic mass is 9.69. The fourth-order valence-electron chi connectivity index (χ4n) is 21.8. The van der Waals surface area contributed by atoms with Crippen molar-refractivity contribution in [2.75, 3.05) is 52.9 Å². The maximum Gasteiger partial charge on any atom is 0.0564 e. The van der Waals surface area contributed by atoms with Gasteiger partial charge >= 0.3 is 0 Å². The van der Waals surface area contributed by atoms with Gasteiger partial charge in [-0.2, -0.15) is 0 Å². The molecule has 5 aliphatic rings. The predicted octanol–water partition coefficient (Wildman–Crippen LogP) is 31.9. The molecule has 12 aromatic carbocycles. The first-order chi connectivity index (χ1) is 57.9. The molecule has 0 radical (unpaired) electrons. The highest BCUT2D eigenvalue weighted by molar-refractivity contribution is 6.25. The molecule has 2 heterocycles. The number of aryl methyl sites for hydroxylation is 1. The van der Waals surface area contributed by atoms with Crippen molar-refractivity contribution in [3.05, 3.63) is 263 Å². The molecule has 3 aliphatic carbocycles. The molecule has 0 amide bonds. The van der Waals surface area contributed by atoms with Crippen LogP contribution in [0.3, 0.4) is 0 Å². The third-order valence-corrected chi connectivity index (χ3v) is 28.5. The van der Waals surface area contributed by atoms with Crippen molar-refractivity contribution < 1.29 is 18.9 Å². The Hall–Kier alpha value is -8.48. The van der Waals surface area contributed by atoms with E-state index >= 15 is 0 Å². The van der Waals surface area contributed by atoms with Gasteiger partial charge in [-0.3, -0.25) is 0 Å². The average molecular weight is 1570 g/mol. The van der Waals surface area contributed by atoms with E-state index in [1.807, 2.05) is 18.2 Å². The van der Waals surface area contributed by atoms with Crippen LogP contribution in [0.5, 0.6) is 0 Å². The second-order valence-corrected chi connectivity index (χ2v) is 37.6. The normalized spacial score (nSPS) is 15.8. The van der Waals surface area contributed by atoms with Crippen molar-refractivity contribution in [1.29, 1.82) is 0 Å². The van der Waals surface area contributed by atoms with Crippen molar-refractivity contribution >= 4 is 32.3 Å². The molecule has 17 rings (SSSR count). The molecule has 0 unspecified atom stereocenters. The minimum Gasteiger partial charge on any atom is -0.381 e. The molecule has 118 heavy (non-hydrogen) atoms. The highest BCUT2D eigenvalue weighted by atomic mass is 16.5. The van der Waals surface area contributed by atoms with E-state index in [9.17, 15) is 0 Å². The van der Waals surface area contributed by atoms with Gasteiger partial charge in [0, 0.05) is 40.3 Å². The zero-order valence-electron chi connectivity index (χ0n) is 72.9. The number of hydrogen-bond acceptors (Lipinski definition) is 4. The lowest BCUT2D eigenvalue weighted by molar-refractivity contribution is -0.137. The summed E-state index contributed by atoms with van der Waals surface area (Å²) in [5.41, 5.74) is 30.1. The Morgan fingerprint density at radius 1 is 0.263 bits per heavy atom. The molecule has 0 spiro atoms. The highest BCUT2D eigenvalue weighted by Crippen LogP contribution is 2.61. The Kier molecular flexibility index (Phi) is 26.8. The van der Waals surface area contributed by atoms with Gasteiger partial charge in [-0.05, 0) is 238 Å². The van der Waals surface area contributed by atoms with Crippen LogP contribution in [0, 0.1) is 17.8 Å². The SMILES string of the molecule is CCCCCCC1(CCCCCC)c2cc(-c3ccccc3)ccc2-c2ccc(-c3ccc4c(c3)C(CCCCCCOCC3(C)COC3)(CCCCCCOCC3(C)COC3)c3cc(-c5ccc6c(c5)C(CCCCCC)(CCCCCC)c5cc(-c7ccc8ccc9cccc%10ccc7c8c9%10)ccc5-6)ccc3-4)cc21.Cc1ccccc1. The molecule has 0 aromatic heterocycles. The Balaban J connectivity index is 0.00000141. The quantitative estimate of drug-likeness (QED) is 0.0282. The molecule has 614 valence electrons. The van der Waals surface area contributed by atoms with Crippen LogP contribution in [-0.2, 0) is 35.2 Å². The number of ether oxygens (including phenoxy) is 4. The summed E-state index contributed by atoms with van der Waals surface area (Å²) < 4.78 is 24.0. The Morgan fingerprint density at radius 2 is 0.559 bits per heavy atom. The van der Waals surface area contributed by atoms with Crippen LogP contribution in [-0.4, -0.2) is 52.9 Å². The molecule has 0 atom stereocenters. The van der Waals surface area contributed by atoms with Crippen LogP contribution in [0.1, 0.15) is 273 Å². The van der Waals surface area contributed by atoms with E-state index in [-0.39, 0.29) is 27.1 Å². The van der Waals surface area contributed by atoms with Gasteiger partial charge in [0.1, 0.15) is 0 Å². The standard InChI is InChI=1S/C107H126O4.C7H8/c1-7-11-15-26-57-105(58-27-16-12-8-2)95-65-81(77-35-24-23-25-36-77)43-50-88(95)89-51-44-82(66-96(89)105)83-45-52-90-91-53-46-84(68-98(91)106(97(90)67-83,61-30-19-21-32-63-108-71-103(5)73-110-74-103)62-31-20-22-33-64-109-72-104(6)75-111-76-104)85-47-54-92-93-55-48-86(70-100(93)107(99(92)69-85,59-28-17-13-9-3)60-29-18-14-10-4)87-49-41-80-40-39-78-37-34-38-79-42-56-94(87)102(80)101(78)79;1-7-5-3-2-4-6-7/h23-25,34-56,65-70H,7-22,26-33,57-64,71-76H2,1-6H3;2-6H,1H3. The summed E-state index contributed by atoms with van der Waals surface area (Å²) in [6, 6.07) is 89.0. The second kappa shape index (κ2) is 38.1. The summed E-state index contributed by atoms with van der Waals surface area (Å²) in [4.78, 5) is 0. The fourth-order valence-corrected chi connectivity index (χ4v) is 21.8. The van der Waals surface area contributed by atoms with Crippen LogP contribution in [0.25, 0.3) is 110 Å². The Bertz CT molecular complexity index is 5250. The van der Waals surface area contributed by atoms with E-state index in [4.69, 9.17) is 18.9 Å². The van der Waals surface area contributed by atoms with Crippen LogP contribution in [0.2, 0.25) is 0 Å². The number of hydrogen-bond donors (Lipinski definition) is 0. The van der Waals surface area contributed by atoms with Crippen LogP contribution in [0.4, 0.5) is 0 Å². The van der Waals surface area contributed by atoms with E-state index in [1.165, 1.54) is 283 Å².